The van der Waals surface area contributed by atoms with Gasteiger partial charge in [-0.05, 0) is 0 Å². The van der Waals surface area contributed by atoms with Crippen LogP contribution in [0, 0.1) is 5.41 Å². The first-order valence-corrected chi connectivity index (χ1v) is 9.98. The van der Waals surface area contributed by atoms with Crippen LogP contribution in [0.1, 0.15) is 36.8 Å². The molecule has 0 saturated heterocycles. The molecule has 8 nitrogen and oxygen atoms in total. The molecule has 0 aliphatic rings. The van der Waals surface area contributed by atoms with Gasteiger partial charge in [-0.3, -0.25) is 4.79 Å². The second-order valence-electron chi connectivity index (χ2n) is 8.08. The largest absolute Gasteiger partial charge is 0.493 e. The second kappa shape index (κ2) is 9.55. The molecule has 0 atom stereocenters. The van der Waals surface area contributed by atoms with Crippen molar-refractivity contribution in [3.63, 3.8) is 0 Å². The van der Waals surface area contributed by atoms with Gasteiger partial charge in [-0.25, -0.2) is 4.79 Å². The van der Waals surface area contributed by atoms with Gasteiger partial charge in [0.2, 0.25) is 5.91 Å². The zero-order valence-corrected chi connectivity index (χ0v) is 18.7. The predicted molar refractivity (Wildman–Crippen MR) is 119 cm³/mol. The van der Waals surface area contributed by atoms with Crippen LogP contribution in [0.3, 0.4) is 0 Å². The maximum atomic E-state index is 12.9. The minimum absolute atomic E-state index is 0.101. The van der Waals surface area contributed by atoms with Crippen LogP contribution in [0.2, 0.25) is 0 Å². The number of methoxy groups -OCH3 is 2. The van der Waals surface area contributed by atoms with Crippen LogP contribution >= 0.6 is 0 Å². The van der Waals surface area contributed by atoms with Gasteiger partial charge in [0.25, 0.3) is 0 Å². The maximum absolute atomic E-state index is 12.9. The van der Waals surface area contributed by atoms with E-state index in [4.69, 9.17) is 18.7 Å². The lowest BCUT2D eigenvalue weighted by molar-refractivity contribution is -0.123. The van der Waals surface area contributed by atoms with Crippen molar-refractivity contribution < 1.29 is 28.3 Å². The minimum atomic E-state index is -0.664. The number of aromatic nitrogens is 1. The Morgan fingerprint density at radius 3 is 2.28 bits per heavy atom. The topological polar surface area (TPSA) is 99.9 Å². The van der Waals surface area contributed by atoms with E-state index >= 15 is 0 Å². The SMILES string of the molecule is COc1cc(NC(=O)C(C)(C)C)c(C(=O)OCc2cc(-c3ccccc3)on2)cc1OC. The Labute approximate surface area is 186 Å². The molecule has 0 bridgehead atoms. The molecule has 3 aromatic rings. The Bertz CT molecular complexity index is 1100. The average molecular weight is 438 g/mol. The van der Waals surface area contributed by atoms with E-state index in [-0.39, 0.29) is 23.8 Å². The summed E-state index contributed by atoms with van der Waals surface area (Å²) in [5.74, 6) is 0.362. The number of rotatable bonds is 7. The van der Waals surface area contributed by atoms with Gasteiger partial charge >= 0.3 is 5.97 Å². The molecule has 1 aromatic heterocycles. The quantitative estimate of drug-likeness (QED) is 0.534. The van der Waals surface area contributed by atoms with Crippen LogP contribution < -0.4 is 14.8 Å². The molecule has 8 heteroatoms. The van der Waals surface area contributed by atoms with Crippen molar-refractivity contribution in [2.75, 3.05) is 19.5 Å². The first kappa shape index (κ1) is 22.9. The van der Waals surface area contributed by atoms with Crippen molar-refractivity contribution in [1.29, 1.82) is 0 Å². The highest BCUT2D eigenvalue weighted by Gasteiger charge is 2.25. The molecule has 1 amide bonds. The van der Waals surface area contributed by atoms with Gasteiger partial charge in [-0.15, -0.1) is 0 Å². The van der Waals surface area contributed by atoms with Crippen LogP contribution in [-0.2, 0) is 16.1 Å². The molecular formula is C24H26N2O6. The Morgan fingerprint density at radius 1 is 1.00 bits per heavy atom. The monoisotopic (exact) mass is 438 g/mol. The highest BCUT2D eigenvalue weighted by molar-refractivity contribution is 6.03. The van der Waals surface area contributed by atoms with Gasteiger partial charge in [-0.2, -0.15) is 0 Å². The summed E-state index contributed by atoms with van der Waals surface area (Å²) in [4.78, 5) is 25.4. The summed E-state index contributed by atoms with van der Waals surface area (Å²) < 4.78 is 21.4. The van der Waals surface area contributed by atoms with Gasteiger partial charge in [0, 0.05) is 29.2 Å². The second-order valence-corrected chi connectivity index (χ2v) is 8.08. The molecule has 0 radical (unpaired) electrons. The van der Waals surface area contributed by atoms with Gasteiger partial charge in [0.15, 0.2) is 17.3 Å². The van der Waals surface area contributed by atoms with Gasteiger partial charge in [0.05, 0.1) is 25.5 Å². The third-order valence-corrected chi connectivity index (χ3v) is 4.64. The zero-order chi connectivity index (χ0) is 23.3. The van der Waals surface area contributed by atoms with Crippen LogP contribution in [0.25, 0.3) is 11.3 Å². The van der Waals surface area contributed by atoms with Gasteiger partial charge in [-0.1, -0.05) is 56.3 Å². The van der Waals surface area contributed by atoms with Crippen molar-refractivity contribution in [3.05, 3.63) is 59.8 Å². The van der Waals surface area contributed by atoms with E-state index in [0.29, 0.717) is 23.0 Å². The number of benzene rings is 2. The summed E-state index contributed by atoms with van der Waals surface area (Å²) >= 11 is 0. The first-order chi connectivity index (χ1) is 15.2. The third kappa shape index (κ3) is 5.26. The van der Waals surface area contributed by atoms with E-state index < -0.39 is 11.4 Å². The molecule has 0 unspecified atom stereocenters. The smallest absolute Gasteiger partial charge is 0.340 e. The lowest BCUT2D eigenvalue weighted by atomic mass is 9.95. The van der Waals surface area contributed by atoms with Crippen LogP contribution in [0.4, 0.5) is 5.69 Å². The molecule has 0 fully saturated rings. The predicted octanol–water partition coefficient (Wildman–Crippen LogP) is 4.70. The molecule has 3 rings (SSSR count). The van der Waals surface area contributed by atoms with Crippen molar-refractivity contribution in [3.8, 4) is 22.8 Å². The number of carbonyl (C=O) groups is 2. The van der Waals surface area contributed by atoms with Gasteiger partial charge < -0.3 is 24.1 Å². The summed E-state index contributed by atoms with van der Waals surface area (Å²) in [7, 11) is 2.93. The van der Waals surface area contributed by atoms with Crippen molar-refractivity contribution >= 4 is 17.6 Å². The summed E-state index contributed by atoms with van der Waals surface area (Å²) in [6, 6.07) is 14.2. The molecule has 2 aromatic carbocycles. The van der Waals surface area contributed by atoms with E-state index in [0.717, 1.165) is 5.56 Å². The van der Waals surface area contributed by atoms with Crippen molar-refractivity contribution in [1.82, 2.24) is 5.16 Å². The van der Waals surface area contributed by atoms with E-state index in [9.17, 15) is 9.59 Å². The molecule has 0 spiro atoms. The molecule has 0 aliphatic heterocycles. The number of amides is 1. The Balaban J connectivity index is 1.81. The fourth-order valence-electron chi connectivity index (χ4n) is 2.80. The number of hydrogen-bond donors (Lipinski definition) is 1. The van der Waals surface area contributed by atoms with Crippen LogP contribution in [0.5, 0.6) is 11.5 Å². The van der Waals surface area contributed by atoms with Crippen LogP contribution in [0.15, 0.2) is 53.1 Å². The molecule has 1 heterocycles. The zero-order valence-electron chi connectivity index (χ0n) is 18.7. The molecular weight excluding hydrogens is 412 g/mol. The molecule has 168 valence electrons. The average Bonchev–Trinajstić information content (AvgIpc) is 3.26. The van der Waals surface area contributed by atoms with Gasteiger partial charge in [0.1, 0.15) is 12.3 Å². The summed E-state index contributed by atoms with van der Waals surface area (Å²) in [5.41, 5.74) is 1.05. The lowest BCUT2D eigenvalue weighted by Gasteiger charge is -2.20. The Kier molecular flexibility index (Phi) is 6.82. The summed E-state index contributed by atoms with van der Waals surface area (Å²) in [6.45, 7) is 5.22. The van der Waals surface area contributed by atoms with E-state index in [2.05, 4.69) is 10.5 Å². The number of anilines is 1. The lowest BCUT2D eigenvalue weighted by Crippen LogP contribution is -2.28. The normalized spacial score (nSPS) is 11.0. The maximum Gasteiger partial charge on any atom is 0.340 e. The van der Waals surface area contributed by atoms with E-state index in [1.165, 1.54) is 26.4 Å². The number of hydrogen-bond acceptors (Lipinski definition) is 7. The molecule has 0 aliphatic carbocycles. The van der Waals surface area contributed by atoms with E-state index in [1.807, 2.05) is 30.3 Å². The number of nitrogens with one attached hydrogen (secondary N) is 1. The molecule has 32 heavy (non-hydrogen) atoms. The number of ether oxygens (including phenoxy) is 3. The fraction of sp³-hybridized carbons (Fsp3) is 0.292. The fourth-order valence-corrected chi connectivity index (χ4v) is 2.80. The first-order valence-electron chi connectivity index (χ1n) is 9.98. The third-order valence-electron chi connectivity index (χ3n) is 4.64. The standard InChI is InChI=1S/C24H26N2O6/c1-24(2,3)23(28)25-18-13-21(30-5)20(29-4)12-17(18)22(27)31-14-16-11-19(32-26-16)15-9-7-6-8-10-15/h6-13H,14H2,1-5H3,(H,25,28). The summed E-state index contributed by atoms with van der Waals surface area (Å²) in [6.07, 6.45) is 0. The number of esters is 1. The highest BCUT2D eigenvalue weighted by atomic mass is 16.5. The van der Waals surface area contributed by atoms with Crippen LogP contribution in [-0.4, -0.2) is 31.3 Å². The Morgan fingerprint density at radius 2 is 1.66 bits per heavy atom. The summed E-state index contributed by atoms with van der Waals surface area (Å²) in [5, 5.41) is 6.73. The Hall–Kier alpha value is -3.81. The van der Waals surface area contributed by atoms with Crippen molar-refractivity contribution in [2.45, 2.75) is 27.4 Å². The van der Waals surface area contributed by atoms with Crippen molar-refractivity contribution in [2.24, 2.45) is 5.41 Å². The highest BCUT2D eigenvalue weighted by Crippen LogP contribution is 2.34. The van der Waals surface area contributed by atoms with E-state index in [1.54, 1.807) is 26.8 Å². The molecule has 0 saturated carbocycles. The number of carbonyl (C=O) groups excluding carboxylic acids is 2. The minimum Gasteiger partial charge on any atom is -0.493 e. The molecule has 1 N–H and O–H groups in total. The number of nitrogens with zero attached hydrogens (tertiary/aromatic N) is 1.